The van der Waals surface area contributed by atoms with E-state index in [2.05, 4.69) is 0 Å². The number of likely N-dealkylation sites (tertiary alicyclic amines) is 1. The molecule has 98 valence electrons. The molecule has 2 unspecified atom stereocenters. The van der Waals surface area contributed by atoms with Crippen LogP contribution >= 0.6 is 0 Å². The Morgan fingerprint density at radius 2 is 2.22 bits per heavy atom. The maximum absolute atomic E-state index is 13.5. The number of halogens is 1. The summed E-state index contributed by atoms with van der Waals surface area (Å²) in [6.45, 7) is 2.65. The number of amides is 1. The predicted octanol–water partition coefficient (Wildman–Crippen LogP) is 1.60. The first-order valence-corrected chi connectivity index (χ1v) is 6.27. The maximum Gasteiger partial charge on any atom is 0.227 e. The van der Waals surface area contributed by atoms with Gasteiger partial charge in [0.25, 0.3) is 0 Å². The van der Waals surface area contributed by atoms with Gasteiger partial charge in [-0.05, 0) is 24.0 Å². The molecule has 0 spiro atoms. The van der Waals surface area contributed by atoms with Crippen LogP contribution in [0.4, 0.5) is 4.39 Å². The van der Waals surface area contributed by atoms with Gasteiger partial charge < -0.3 is 10.0 Å². The van der Waals surface area contributed by atoms with Gasteiger partial charge in [-0.2, -0.15) is 0 Å². The van der Waals surface area contributed by atoms with E-state index in [-0.39, 0.29) is 30.8 Å². The summed E-state index contributed by atoms with van der Waals surface area (Å²) in [6.07, 6.45) is 0.962. The Morgan fingerprint density at radius 3 is 2.89 bits per heavy atom. The number of rotatable bonds is 3. The van der Waals surface area contributed by atoms with E-state index in [1.165, 1.54) is 6.07 Å². The van der Waals surface area contributed by atoms with Crippen LogP contribution in [-0.2, 0) is 11.2 Å². The highest BCUT2D eigenvalue weighted by Gasteiger charge is 2.33. The van der Waals surface area contributed by atoms with Crippen molar-refractivity contribution in [2.45, 2.75) is 25.8 Å². The normalized spacial score (nSPS) is 23.4. The molecule has 1 amide bonds. The third-order valence-electron chi connectivity index (χ3n) is 3.69. The predicted molar refractivity (Wildman–Crippen MR) is 66.5 cm³/mol. The van der Waals surface area contributed by atoms with Gasteiger partial charge in [0.1, 0.15) is 5.82 Å². The zero-order chi connectivity index (χ0) is 13.1. The molecule has 0 aromatic heterocycles. The first-order chi connectivity index (χ1) is 8.63. The molecule has 18 heavy (non-hydrogen) atoms. The number of aliphatic hydroxyl groups is 1. The standard InChI is InChI=1S/C14H18FNO2/c1-10-6-7-16(13(10)9-17)14(18)8-11-4-2-3-5-12(11)15/h2-5,10,13,17H,6-9H2,1H3. The van der Waals surface area contributed by atoms with E-state index in [0.717, 1.165) is 6.42 Å². The van der Waals surface area contributed by atoms with Crippen molar-refractivity contribution in [1.82, 2.24) is 4.90 Å². The van der Waals surface area contributed by atoms with Crippen molar-refractivity contribution < 1.29 is 14.3 Å². The number of nitrogens with zero attached hydrogens (tertiary/aromatic N) is 1. The molecule has 1 N–H and O–H groups in total. The minimum atomic E-state index is -0.348. The first-order valence-electron chi connectivity index (χ1n) is 6.27. The molecule has 1 heterocycles. The highest BCUT2D eigenvalue weighted by Crippen LogP contribution is 2.24. The Morgan fingerprint density at radius 1 is 1.50 bits per heavy atom. The fourth-order valence-electron chi connectivity index (χ4n) is 2.50. The van der Waals surface area contributed by atoms with Gasteiger partial charge >= 0.3 is 0 Å². The zero-order valence-corrected chi connectivity index (χ0v) is 10.5. The molecule has 1 fully saturated rings. The summed E-state index contributed by atoms with van der Waals surface area (Å²) in [6, 6.07) is 6.20. The molecule has 0 aliphatic carbocycles. The van der Waals surface area contributed by atoms with Gasteiger partial charge in [-0.25, -0.2) is 4.39 Å². The third kappa shape index (κ3) is 2.53. The second kappa shape index (κ2) is 5.48. The summed E-state index contributed by atoms with van der Waals surface area (Å²) >= 11 is 0. The first kappa shape index (κ1) is 13.0. The number of carbonyl (C=O) groups is 1. The minimum absolute atomic E-state index is 0.0236. The molecule has 1 aromatic carbocycles. The molecular formula is C14H18FNO2. The summed E-state index contributed by atoms with van der Waals surface area (Å²) in [5.41, 5.74) is 0.416. The molecule has 1 saturated heterocycles. The molecule has 0 radical (unpaired) electrons. The Kier molecular flexibility index (Phi) is 3.97. The number of benzene rings is 1. The molecule has 1 aliphatic heterocycles. The zero-order valence-electron chi connectivity index (χ0n) is 10.5. The summed E-state index contributed by atoms with van der Waals surface area (Å²) in [7, 11) is 0. The average molecular weight is 251 g/mol. The number of aliphatic hydroxyl groups excluding tert-OH is 1. The lowest BCUT2D eigenvalue weighted by Gasteiger charge is -2.25. The van der Waals surface area contributed by atoms with Crippen LogP contribution < -0.4 is 0 Å². The van der Waals surface area contributed by atoms with E-state index >= 15 is 0 Å². The van der Waals surface area contributed by atoms with Gasteiger partial charge in [0, 0.05) is 6.54 Å². The highest BCUT2D eigenvalue weighted by molar-refractivity contribution is 5.79. The van der Waals surface area contributed by atoms with Crippen LogP contribution in [0.5, 0.6) is 0 Å². The number of hydrogen-bond acceptors (Lipinski definition) is 2. The van der Waals surface area contributed by atoms with Crippen LogP contribution in [0.1, 0.15) is 18.9 Å². The average Bonchev–Trinajstić information content (AvgIpc) is 2.73. The lowest BCUT2D eigenvalue weighted by Crippen LogP contribution is -2.40. The van der Waals surface area contributed by atoms with Gasteiger partial charge in [0.05, 0.1) is 19.1 Å². The van der Waals surface area contributed by atoms with Gasteiger partial charge in [-0.15, -0.1) is 0 Å². The molecule has 0 saturated carbocycles. The van der Waals surface area contributed by atoms with Crippen LogP contribution in [0.3, 0.4) is 0 Å². The SMILES string of the molecule is CC1CCN(C(=O)Cc2ccccc2F)C1CO. The lowest BCUT2D eigenvalue weighted by molar-refractivity contribution is -0.132. The molecule has 1 aromatic rings. The van der Waals surface area contributed by atoms with Crippen molar-refractivity contribution in [2.75, 3.05) is 13.2 Å². The van der Waals surface area contributed by atoms with E-state index in [1.807, 2.05) is 6.92 Å². The second-order valence-electron chi connectivity index (χ2n) is 4.87. The topological polar surface area (TPSA) is 40.5 Å². The van der Waals surface area contributed by atoms with Crippen molar-refractivity contribution in [3.63, 3.8) is 0 Å². The van der Waals surface area contributed by atoms with Gasteiger partial charge in [0.15, 0.2) is 0 Å². The summed E-state index contributed by atoms with van der Waals surface area (Å²) in [5, 5.41) is 9.31. The van der Waals surface area contributed by atoms with Gasteiger partial charge in [-0.3, -0.25) is 4.79 Å². The lowest BCUT2D eigenvalue weighted by atomic mass is 10.0. The Balaban J connectivity index is 2.07. The van der Waals surface area contributed by atoms with E-state index in [9.17, 15) is 14.3 Å². The molecule has 3 nitrogen and oxygen atoms in total. The van der Waals surface area contributed by atoms with Crippen LogP contribution in [0, 0.1) is 11.7 Å². The molecule has 2 rings (SSSR count). The number of hydrogen-bond donors (Lipinski definition) is 1. The monoisotopic (exact) mass is 251 g/mol. The molecule has 1 aliphatic rings. The fourth-order valence-corrected chi connectivity index (χ4v) is 2.50. The summed E-state index contributed by atoms with van der Waals surface area (Å²) in [4.78, 5) is 13.8. The second-order valence-corrected chi connectivity index (χ2v) is 4.87. The van der Waals surface area contributed by atoms with E-state index in [1.54, 1.807) is 23.1 Å². The van der Waals surface area contributed by atoms with E-state index in [0.29, 0.717) is 18.0 Å². The maximum atomic E-state index is 13.5. The molecular weight excluding hydrogens is 233 g/mol. The third-order valence-corrected chi connectivity index (χ3v) is 3.69. The van der Waals surface area contributed by atoms with Crippen LogP contribution in [-0.4, -0.2) is 35.1 Å². The van der Waals surface area contributed by atoms with Crippen molar-refractivity contribution in [1.29, 1.82) is 0 Å². The fraction of sp³-hybridized carbons (Fsp3) is 0.500. The molecule has 4 heteroatoms. The largest absolute Gasteiger partial charge is 0.394 e. The van der Waals surface area contributed by atoms with Gasteiger partial charge in [0.2, 0.25) is 5.91 Å². The van der Waals surface area contributed by atoms with Crippen molar-refractivity contribution in [3.05, 3.63) is 35.6 Å². The van der Waals surface area contributed by atoms with E-state index in [4.69, 9.17) is 0 Å². The minimum Gasteiger partial charge on any atom is -0.394 e. The smallest absolute Gasteiger partial charge is 0.227 e. The molecule has 2 atom stereocenters. The van der Waals surface area contributed by atoms with Crippen LogP contribution in [0.25, 0.3) is 0 Å². The Bertz CT molecular complexity index is 436. The summed E-state index contributed by atoms with van der Waals surface area (Å²) < 4.78 is 13.5. The van der Waals surface area contributed by atoms with Crippen molar-refractivity contribution in [3.8, 4) is 0 Å². The number of carbonyl (C=O) groups excluding carboxylic acids is 1. The molecule has 0 bridgehead atoms. The van der Waals surface area contributed by atoms with Crippen molar-refractivity contribution in [2.24, 2.45) is 5.92 Å². The van der Waals surface area contributed by atoms with Gasteiger partial charge in [-0.1, -0.05) is 25.1 Å². The highest BCUT2D eigenvalue weighted by atomic mass is 19.1. The summed E-state index contributed by atoms with van der Waals surface area (Å²) in [5.74, 6) is -0.151. The van der Waals surface area contributed by atoms with E-state index < -0.39 is 0 Å². The quantitative estimate of drug-likeness (QED) is 0.886. The Labute approximate surface area is 106 Å². The van der Waals surface area contributed by atoms with Crippen LogP contribution in [0.15, 0.2) is 24.3 Å². The van der Waals surface area contributed by atoms with Crippen molar-refractivity contribution >= 4 is 5.91 Å². The Hall–Kier alpha value is -1.42. The van der Waals surface area contributed by atoms with Crippen LogP contribution in [0.2, 0.25) is 0 Å².